The molecule has 0 unspecified atom stereocenters. The highest BCUT2D eigenvalue weighted by atomic mass is 15.0. The number of hydrogen-bond acceptors (Lipinski definition) is 0. The molecule has 0 saturated heterocycles. The molecule has 4 aromatic carbocycles. The van der Waals surface area contributed by atoms with Gasteiger partial charge in [0.1, 0.15) is 0 Å². The summed E-state index contributed by atoms with van der Waals surface area (Å²) in [4.78, 5) is 0. The van der Waals surface area contributed by atoms with Gasteiger partial charge < -0.3 is 4.57 Å². The first-order valence-corrected chi connectivity index (χ1v) is 8.97. The maximum absolute atomic E-state index is 2.37. The summed E-state index contributed by atoms with van der Waals surface area (Å²) in [5.74, 6) is 0. The number of nitrogens with zero attached hydrogens (tertiary/aromatic N) is 1. The van der Waals surface area contributed by atoms with Crippen molar-refractivity contribution >= 4 is 21.8 Å². The van der Waals surface area contributed by atoms with Crippen molar-refractivity contribution < 1.29 is 0 Å². The predicted octanol–water partition coefficient (Wildman–Crippen LogP) is 6.76. The quantitative estimate of drug-likeness (QED) is 0.336. The number of benzene rings is 4. The Morgan fingerprint density at radius 3 is 2.08 bits per heavy atom. The van der Waals surface area contributed by atoms with Crippen LogP contribution in [-0.4, -0.2) is 4.57 Å². The van der Waals surface area contributed by atoms with E-state index in [0.717, 1.165) is 0 Å². The van der Waals surface area contributed by atoms with Crippen molar-refractivity contribution in [2.24, 2.45) is 0 Å². The molecule has 0 amide bonds. The molecular weight excluding hydrogens is 314 g/mol. The van der Waals surface area contributed by atoms with Crippen LogP contribution in [0.3, 0.4) is 0 Å². The summed E-state index contributed by atoms with van der Waals surface area (Å²) < 4.78 is 2.37. The SMILES string of the molecule is Cc1cccc2c1c1cc(-c3ccccc3)ccc1n2-c1ccccc1. The molecule has 1 nitrogen and oxygen atoms in total. The Labute approximate surface area is 153 Å². The van der Waals surface area contributed by atoms with Gasteiger partial charge in [0.15, 0.2) is 0 Å². The van der Waals surface area contributed by atoms with E-state index in [2.05, 4.69) is 109 Å². The van der Waals surface area contributed by atoms with Crippen molar-refractivity contribution in [1.29, 1.82) is 0 Å². The van der Waals surface area contributed by atoms with E-state index >= 15 is 0 Å². The minimum absolute atomic E-state index is 1.20. The zero-order valence-electron chi connectivity index (χ0n) is 14.7. The van der Waals surface area contributed by atoms with Crippen molar-refractivity contribution in [1.82, 2.24) is 4.57 Å². The van der Waals surface area contributed by atoms with Gasteiger partial charge in [0, 0.05) is 16.5 Å². The second kappa shape index (κ2) is 5.89. The first-order chi connectivity index (χ1) is 12.8. The molecule has 0 atom stereocenters. The summed E-state index contributed by atoms with van der Waals surface area (Å²) >= 11 is 0. The van der Waals surface area contributed by atoms with E-state index < -0.39 is 0 Å². The Balaban J connectivity index is 1.89. The van der Waals surface area contributed by atoms with Crippen LogP contribution in [0.2, 0.25) is 0 Å². The third-order valence-electron chi connectivity index (χ3n) is 5.12. The monoisotopic (exact) mass is 333 g/mol. The number of aryl methyl sites for hydroxylation is 1. The van der Waals surface area contributed by atoms with Gasteiger partial charge >= 0.3 is 0 Å². The minimum atomic E-state index is 1.20. The van der Waals surface area contributed by atoms with Crippen LogP contribution in [0.25, 0.3) is 38.6 Å². The van der Waals surface area contributed by atoms with Crippen LogP contribution < -0.4 is 0 Å². The van der Waals surface area contributed by atoms with Crippen molar-refractivity contribution in [2.45, 2.75) is 6.92 Å². The van der Waals surface area contributed by atoms with Gasteiger partial charge in [-0.2, -0.15) is 0 Å². The number of aromatic nitrogens is 1. The van der Waals surface area contributed by atoms with E-state index in [1.54, 1.807) is 0 Å². The largest absolute Gasteiger partial charge is 0.309 e. The van der Waals surface area contributed by atoms with Crippen molar-refractivity contribution in [3.8, 4) is 16.8 Å². The van der Waals surface area contributed by atoms with Crippen molar-refractivity contribution in [3.05, 3.63) is 103 Å². The average molecular weight is 333 g/mol. The molecule has 26 heavy (non-hydrogen) atoms. The maximum Gasteiger partial charge on any atom is 0.0543 e. The molecule has 0 saturated carbocycles. The van der Waals surface area contributed by atoms with Gasteiger partial charge in [-0.3, -0.25) is 0 Å². The summed E-state index contributed by atoms with van der Waals surface area (Å²) in [6.45, 7) is 2.20. The van der Waals surface area contributed by atoms with E-state index in [9.17, 15) is 0 Å². The fraction of sp³-hybridized carbons (Fsp3) is 0.0400. The number of rotatable bonds is 2. The number of fused-ring (bicyclic) bond motifs is 3. The van der Waals surface area contributed by atoms with Gasteiger partial charge in [0.05, 0.1) is 11.0 Å². The third-order valence-corrected chi connectivity index (χ3v) is 5.12. The Kier molecular flexibility index (Phi) is 3.39. The molecule has 0 bridgehead atoms. The minimum Gasteiger partial charge on any atom is -0.309 e. The highest BCUT2D eigenvalue weighted by Crippen LogP contribution is 2.36. The fourth-order valence-electron chi connectivity index (χ4n) is 3.92. The van der Waals surface area contributed by atoms with Crippen LogP contribution in [-0.2, 0) is 0 Å². The molecule has 5 rings (SSSR count). The van der Waals surface area contributed by atoms with Crippen molar-refractivity contribution in [3.63, 3.8) is 0 Å². The lowest BCUT2D eigenvalue weighted by Crippen LogP contribution is -1.93. The standard InChI is InChI=1S/C25H19N/c1-18-9-8-14-24-25(18)22-17-20(19-10-4-2-5-11-19)15-16-23(22)26(24)21-12-6-3-7-13-21/h2-17H,1H3. The topological polar surface area (TPSA) is 4.93 Å². The van der Waals surface area contributed by atoms with Crippen LogP contribution in [0.4, 0.5) is 0 Å². The molecule has 0 radical (unpaired) electrons. The number of para-hydroxylation sites is 1. The van der Waals surface area contributed by atoms with Crippen LogP contribution in [0, 0.1) is 6.92 Å². The van der Waals surface area contributed by atoms with Crippen LogP contribution in [0.1, 0.15) is 5.56 Å². The smallest absolute Gasteiger partial charge is 0.0543 e. The van der Waals surface area contributed by atoms with Crippen LogP contribution in [0.5, 0.6) is 0 Å². The molecule has 0 aliphatic rings. The lowest BCUT2D eigenvalue weighted by molar-refractivity contribution is 1.18. The zero-order valence-corrected chi connectivity index (χ0v) is 14.7. The zero-order chi connectivity index (χ0) is 17.5. The third kappa shape index (κ3) is 2.25. The molecule has 0 fully saturated rings. The van der Waals surface area contributed by atoms with Gasteiger partial charge in [0.2, 0.25) is 0 Å². The Morgan fingerprint density at radius 2 is 1.31 bits per heavy atom. The Hall–Kier alpha value is -3.32. The summed E-state index contributed by atoms with van der Waals surface area (Å²) in [6.07, 6.45) is 0. The summed E-state index contributed by atoms with van der Waals surface area (Å²) in [7, 11) is 0. The first kappa shape index (κ1) is 15.0. The molecular formula is C25H19N. The maximum atomic E-state index is 2.37. The highest BCUT2D eigenvalue weighted by Gasteiger charge is 2.14. The van der Waals surface area contributed by atoms with Gasteiger partial charge in [0.25, 0.3) is 0 Å². The first-order valence-electron chi connectivity index (χ1n) is 8.97. The lowest BCUT2D eigenvalue weighted by atomic mass is 10.0. The second-order valence-corrected chi connectivity index (χ2v) is 6.74. The molecule has 1 heterocycles. The van der Waals surface area contributed by atoms with Gasteiger partial charge in [-0.1, -0.05) is 66.7 Å². The van der Waals surface area contributed by atoms with Crippen molar-refractivity contribution in [2.75, 3.05) is 0 Å². The molecule has 1 heteroatoms. The van der Waals surface area contributed by atoms with Gasteiger partial charge in [-0.05, 0) is 53.9 Å². The highest BCUT2D eigenvalue weighted by molar-refractivity contribution is 6.11. The molecule has 0 N–H and O–H groups in total. The molecule has 124 valence electrons. The molecule has 0 aliphatic heterocycles. The van der Waals surface area contributed by atoms with E-state index in [1.165, 1.54) is 44.2 Å². The van der Waals surface area contributed by atoms with E-state index in [0.29, 0.717) is 0 Å². The second-order valence-electron chi connectivity index (χ2n) is 6.74. The van der Waals surface area contributed by atoms with E-state index in [-0.39, 0.29) is 0 Å². The summed E-state index contributed by atoms with van der Waals surface area (Å²) in [5.41, 5.74) is 7.53. The van der Waals surface area contributed by atoms with Crippen LogP contribution in [0.15, 0.2) is 97.1 Å². The Morgan fingerprint density at radius 1 is 0.577 bits per heavy atom. The normalized spacial score (nSPS) is 11.3. The fourth-order valence-corrected chi connectivity index (χ4v) is 3.92. The van der Waals surface area contributed by atoms with Crippen LogP contribution >= 0.6 is 0 Å². The summed E-state index contributed by atoms with van der Waals surface area (Å²) in [6, 6.07) is 34.6. The lowest BCUT2D eigenvalue weighted by Gasteiger charge is -2.08. The van der Waals surface area contributed by atoms with E-state index in [1.807, 2.05) is 0 Å². The molecule has 0 spiro atoms. The summed E-state index contributed by atoms with van der Waals surface area (Å²) in [5, 5.41) is 2.65. The molecule has 0 aliphatic carbocycles. The average Bonchev–Trinajstić information content (AvgIpc) is 3.04. The number of hydrogen-bond donors (Lipinski definition) is 0. The Bertz CT molecular complexity index is 1210. The van der Waals surface area contributed by atoms with Gasteiger partial charge in [-0.25, -0.2) is 0 Å². The molecule has 5 aromatic rings. The van der Waals surface area contributed by atoms with Gasteiger partial charge in [-0.15, -0.1) is 0 Å². The molecule has 1 aromatic heterocycles. The van der Waals surface area contributed by atoms with E-state index in [4.69, 9.17) is 0 Å². The predicted molar refractivity (Wildman–Crippen MR) is 111 cm³/mol.